The van der Waals surface area contributed by atoms with Gasteiger partial charge in [0.05, 0.1) is 6.61 Å². The first-order chi connectivity index (χ1) is 9.70. The van der Waals surface area contributed by atoms with E-state index in [1.807, 2.05) is 6.07 Å². The first kappa shape index (κ1) is 15.1. The van der Waals surface area contributed by atoms with E-state index in [9.17, 15) is 0 Å². The topological polar surface area (TPSA) is 21.3 Å². The molecule has 2 rings (SSSR count). The van der Waals surface area contributed by atoms with Gasteiger partial charge in [0.15, 0.2) is 0 Å². The minimum atomic E-state index is 0.260. The van der Waals surface area contributed by atoms with Gasteiger partial charge in [-0.1, -0.05) is 46.3 Å². The number of methoxy groups -OCH3 is 1. The van der Waals surface area contributed by atoms with Crippen LogP contribution in [-0.2, 0) is 11.2 Å². The lowest BCUT2D eigenvalue weighted by Crippen LogP contribution is -2.09. The molecular weight excluding hydrogens is 314 g/mol. The van der Waals surface area contributed by atoms with Gasteiger partial charge in [-0.15, -0.1) is 0 Å². The summed E-state index contributed by atoms with van der Waals surface area (Å²) >= 11 is 3.52. The molecule has 0 saturated carbocycles. The van der Waals surface area contributed by atoms with Crippen molar-refractivity contribution in [3.63, 3.8) is 0 Å². The number of hydrogen-bond acceptors (Lipinski definition) is 2. The minimum absolute atomic E-state index is 0.260. The normalized spacial score (nSPS) is 12.2. The van der Waals surface area contributed by atoms with Crippen molar-refractivity contribution in [3.8, 4) is 0 Å². The summed E-state index contributed by atoms with van der Waals surface area (Å²) in [5, 5.41) is 3.59. The van der Waals surface area contributed by atoms with Crippen LogP contribution in [0.1, 0.15) is 24.1 Å². The van der Waals surface area contributed by atoms with Gasteiger partial charge in [-0.25, -0.2) is 0 Å². The lowest BCUT2D eigenvalue weighted by molar-refractivity contribution is 0.202. The number of rotatable bonds is 6. The SMILES string of the molecule is COCCc1ccccc1NC(C)c1cccc(Br)c1. The van der Waals surface area contributed by atoms with Gasteiger partial charge in [0.1, 0.15) is 0 Å². The maximum Gasteiger partial charge on any atom is 0.0503 e. The Balaban J connectivity index is 2.13. The molecule has 0 saturated heterocycles. The molecule has 2 aromatic carbocycles. The van der Waals surface area contributed by atoms with Crippen molar-refractivity contribution in [2.24, 2.45) is 0 Å². The number of halogens is 1. The summed E-state index contributed by atoms with van der Waals surface area (Å²) in [5.74, 6) is 0. The van der Waals surface area contributed by atoms with Crippen LogP contribution in [0.3, 0.4) is 0 Å². The van der Waals surface area contributed by atoms with Crippen LogP contribution in [0.4, 0.5) is 5.69 Å². The van der Waals surface area contributed by atoms with E-state index in [4.69, 9.17) is 4.74 Å². The molecule has 106 valence electrons. The van der Waals surface area contributed by atoms with Crippen molar-refractivity contribution in [1.29, 1.82) is 0 Å². The Kier molecular flexibility index (Phi) is 5.62. The Morgan fingerprint density at radius 1 is 1.15 bits per heavy atom. The maximum absolute atomic E-state index is 5.17. The van der Waals surface area contributed by atoms with E-state index in [1.165, 1.54) is 16.8 Å². The molecule has 0 aliphatic carbocycles. The third kappa shape index (κ3) is 4.09. The van der Waals surface area contributed by atoms with Crippen molar-refractivity contribution >= 4 is 21.6 Å². The van der Waals surface area contributed by atoms with E-state index >= 15 is 0 Å². The molecule has 2 aromatic rings. The maximum atomic E-state index is 5.17. The molecule has 0 aliphatic rings. The predicted octanol–water partition coefficient (Wildman–Crippen LogP) is 4.81. The average molecular weight is 334 g/mol. The number of hydrogen-bond donors (Lipinski definition) is 1. The van der Waals surface area contributed by atoms with Crippen molar-refractivity contribution in [2.75, 3.05) is 19.0 Å². The van der Waals surface area contributed by atoms with E-state index in [1.54, 1.807) is 7.11 Å². The zero-order valence-corrected chi connectivity index (χ0v) is 13.5. The Morgan fingerprint density at radius 3 is 2.70 bits per heavy atom. The second-order valence-corrected chi connectivity index (χ2v) is 5.74. The summed E-state index contributed by atoms with van der Waals surface area (Å²) in [6, 6.07) is 17.1. The van der Waals surface area contributed by atoms with Crippen molar-refractivity contribution < 1.29 is 4.74 Å². The van der Waals surface area contributed by atoms with Crippen LogP contribution in [0.5, 0.6) is 0 Å². The number of nitrogens with one attached hydrogen (secondary N) is 1. The van der Waals surface area contributed by atoms with Crippen LogP contribution in [0.15, 0.2) is 53.0 Å². The molecule has 1 N–H and O–H groups in total. The number of anilines is 1. The quantitative estimate of drug-likeness (QED) is 0.818. The van der Waals surface area contributed by atoms with E-state index in [-0.39, 0.29) is 6.04 Å². The molecule has 1 atom stereocenters. The zero-order valence-electron chi connectivity index (χ0n) is 11.9. The second-order valence-electron chi connectivity index (χ2n) is 4.82. The van der Waals surface area contributed by atoms with Gasteiger partial charge < -0.3 is 10.1 Å². The Bertz CT molecular complexity index is 556. The fourth-order valence-electron chi connectivity index (χ4n) is 2.18. The molecule has 1 unspecified atom stereocenters. The standard InChI is InChI=1S/C17H20BrNO/c1-13(15-7-5-8-16(18)12-15)19-17-9-4-3-6-14(17)10-11-20-2/h3-9,12-13,19H,10-11H2,1-2H3. The van der Waals surface area contributed by atoms with Crippen LogP contribution < -0.4 is 5.32 Å². The van der Waals surface area contributed by atoms with Crippen molar-refractivity contribution in [1.82, 2.24) is 0 Å². The summed E-state index contributed by atoms with van der Waals surface area (Å²) in [6.07, 6.45) is 0.922. The molecule has 0 fully saturated rings. The van der Waals surface area contributed by atoms with E-state index in [0.29, 0.717) is 0 Å². The number of ether oxygens (including phenoxy) is 1. The second kappa shape index (κ2) is 7.46. The highest BCUT2D eigenvalue weighted by Gasteiger charge is 2.08. The van der Waals surface area contributed by atoms with Crippen LogP contribution in [0, 0.1) is 0 Å². The molecule has 0 aliphatic heterocycles. The van der Waals surface area contributed by atoms with Crippen LogP contribution in [0.2, 0.25) is 0 Å². The average Bonchev–Trinajstić information content (AvgIpc) is 2.46. The highest BCUT2D eigenvalue weighted by atomic mass is 79.9. The smallest absolute Gasteiger partial charge is 0.0503 e. The number of para-hydroxylation sites is 1. The van der Waals surface area contributed by atoms with Gasteiger partial charge in [-0.05, 0) is 42.7 Å². The fourth-order valence-corrected chi connectivity index (χ4v) is 2.60. The van der Waals surface area contributed by atoms with Gasteiger partial charge >= 0.3 is 0 Å². The van der Waals surface area contributed by atoms with Gasteiger partial charge in [-0.3, -0.25) is 0 Å². The molecule has 2 nitrogen and oxygen atoms in total. The molecule has 0 bridgehead atoms. The summed E-state index contributed by atoms with van der Waals surface area (Å²) in [6.45, 7) is 2.92. The number of benzene rings is 2. The zero-order chi connectivity index (χ0) is 14.4. The third-order valence-corrected chi connectivity index (χ3v) is 3.81. The molecular formula is C17H20BrNO. The van der Waals surface area contributed by atoms with Gasteiger partial charge in [0.2, 0.25) is 0 Å². The molecule has 0 amide bonds. The first-order valence-electron chi connectivity index (χ1n) is 6.79. The van der Waals surface area contributed by atoms with E-state index in [0.717, 1.165) is 17.5 Å². The summed E-state index contributed by atoms with van der Waals surface area (Å²) in [5.41, 5.74) is 3.73. The van der Waals surface area contributed by atoms with E-state index in [2.05, 4.69) is 70.6 Å². The summed E-state index contributed by atoms with van der Waals surface area (Å²) in [7, 11) is 1.74. The van der Waals surface area contributed by atoms with Crippen molar-refractivity contribution in [3.05, 3.63) is 64.1 Å². The predicted molar refractivity (Wildman–Crippen MR) is 88.2 cm³/mol. The Hall–Kier alpha value is -1.32. The Morgan fingerprint density at radius 2 is 1.95 bits per heavy atom. The molecule has 20 heavy (non-hydrogen) atoms. The largest absolute Gasteiger partial charge is 0.384 e. The monoisotopic (exact) mass is 333 g/mol. The molecule has 0 radical (unpaired) electrons. The van der Waals surface area contributed by atoms with Crippen LogP contribution in [-0.4, -0.2) is 13.7 Å². The van der Waals surface area contributed by atoms with Gasteiger partial charge in [-0.2, -0.15) is 0 Å². The molecule has 0 aromatic heterocycles. The van der Waals surface area contributed by atoms with Crippen LogP contribution in [0.25, 0.3) is 0 Å². The summed E-state index contributed by atoms with van der Waals surface area (Å²) < 4.78 is 6.28. The Labute approximate surface area is 129 Å². The molecule has 0 heterocycles. The van der Waals surface area contributed by atoms with Crippen molar-refractivity contribution in [2.45, 2.75) is 19.4 Å². The molecule has 0 spiro atoms. The highest BCUT2D eigenvalue weighted by Crippen LogP contribution is 2.24. The van der Waals surface area contributed by atoms with E-state index < -0.39 is 0 Å². The summed E-state index contributed by atoms with van der Waals surface area (Å²) in [4.78, 5) is 0. The van der Waals surface area contributed by atoms with Crippen LogP contribution >= 0.6 is 15.9 Å². The molecule has 3 heteroatoms. The third-order valence-electron chi connectivity index (χ3n) is 3.31. The van der Waals surface area contributed by atoms with Gasteiger partial charge in [0.25, 0.3) is 0 Å². The lowest BCUT2D eigenvalue weighted by atomic mass is 10.1. The van der Waals surface area contributed by atoms with Gasteiger partial charge in [0, 0.05) is 23.3 Å². The lowest BCUT2D eigenvalue weighted by Gasteiger charge is -2.18. The highest BCUT2D eigenvalue weighted by molar-refractivity contribution is 9.10. The minimum Gasteiger partial charge on any atom is -0.384 e. The fraction of sp³-hybridized carbons (Fsp3) is 0.294. The first-order valence-corrected chi connectivity index (χ1v) is 7.59.